The maximum Gasteiger partial charge on any atom is 0.218 e. The number of morpholine rings is 1. The molecule has 6 heteroatoms. The van der Waals surface area contributed by atoms with Gasteiger partial charge in [0.15, 0.2) is 0 Å². The van der Waals surface area contributed by atoms with Crippen LogP contribution in [-0.2, 0) is 20.5 Å². The molecule has 128 valence electrons. The number of halogens is 1. The molecule has 1 unspecified atom stereocenters. The van der Waals surface area contributed by atoms with Crippen molar-refractivity contribution >= 4 is 26.0 Å². The molecule has 4 nitrogen and oxygen atoms in total. The SMILES string of the molecule is O=S(=O)(Cc1ccccc1)N1CC(CBr)O[C@H](c2ccccc2)C1. The topological polar surface area (TPSA) is 46.6 Å². The predicted molar refractivity (Wildman–Crippen MR) is 98.5 cm³/mol. The van der Waals surface area contributed by atoms with Crippen LogP contribution < -0.4 is 0 Å². The molecule has 0 bridgehead atoms. The number of benzene rings is 2. The van der Waals surface area contributed by atoms with E-state index < -0.39 is 10.0 Å². The minimum atomic E-state index is -3.39. The van der Waals surface area contributed by atoms with Gasteiger partial charge >= 0.3 is 0 Å². The van der Waals surface area contributed by atoms with Crippen molar-refractivity contribution in [2.75, 3.05) is 18.4 Å². The smallest absolute Gasteiger partial charge is 0.218 e. The number of hydrogen-bond acceptors (Lipinski definition) is 3. The van der Waals surface area contributed by atoms with E-state index in [0.717, 1.165) is 11.1 Å². The molecule has 1 aliphatic rings. The molecule has 3 rings (SSSR count). The molecule has 2 aromatic rings. The average Bonchev–Trinajstić information content (AvgIpc) is 2.62. The van der Waals surface area contributed by atoms with Crippen LogP contribution >= 0.6 is 15.9 Å². The summed E-state index contributed by atoms with van der Waals surface area (Å²) in [5, 5.41) is 0.605. The van der Waals surface area contributed by atoms with Crippen molar-refractivity contribution < 1.29 is 13.2 Å². The molecule has 2 atom stereocenters. The lowest BCUT2D eigenvalue weighted by molar-refractivity contribution is -0.0528. The van der Waals surface area contributed by atoms with Gasteiger partial charge < -0.3 is 4.74 Å². The molecule has 0 aliphatic carbocycles. The quantitative estimate of drug-likeness (QED) is 0.711. The zero-order valence-electron chi connectivity index (χ0n) is 13.2. The molecule has 1 aliphatic heterocycles. The van der Waals surface area contributed by atoms with Crippen LogP contribution in [0.3, 0.4) is 0 Å². The Morgan fingerprint density at radius 3 is 2.25 bits per heavy atom. The average molecular weight is 410 g/mol. The number of hydrogen-bond donors (Lipinski definition) is 0. The fourth-order valence-electron chi connectivity index (χ4n) is 2.85. The van der Waals surface area contributed by atoms with E-state index in [2.05, 4.69) is 15.9 Å². The molecule has 0 radical (unpaired) electrons. The van der Waals surface area contributed by atoms with Crippen molar-refractivity contribution in [2.45, 2.75) is 18.0 Å². The number of nitrogens with zero attached hydrogens (tertiary/aromatic N) is 1. The van der Waals surface area contributed by atoms with Crippen molar-refractivity contribution in [2.24, 2.45) is 0 Å². The number of rotatable bonds is 5. The molecule has 1 heterocycles. The highest BCUT2D eigenvalue weighted by Gasteiger charge is 2.34. The van der Waals surface area contributed by atoms with Gasteiger partial charge in [0.1, 0.15) is 0 Å². The number of ether oxygens (including phenoxy) is 1. The molecule has 0 N–H and O–H groups in total. The summed E-state index contributed by atoms with van der Waals surface area (Å²) in [5.41, 5.74) is 1.80. The fraction of sp³-hybridized carbons (Fsp3) is 0.333. The third kappa shape index (κ3) is 4.25. The van der Waals surface area contributed by atoms with Crippen LogP contribution in [0.1, 0.15) is 17.2 Å². The largest absolute Gasteiger partial charge is 0.367 e. The van der Waals surface area contributed by atoms with E-state index in [1.165, 1.54) is 0 Å². The van der Waals surface area contributed by atoms with Gasteiger partial charge in [-0.15, -0.1) is 0 Å². The molecule has 0 spiro atoms. The van der Waals surface area contributed by atoms with E-state index in [0.29, 0.717) is 18.4 Å². The zero-order chi connectivity index (χ0) is 17.0. The van der Waals surface area contributed by atoms with Crippen LogP contribution in [-0.4, -0.2) is 37.2 Å². The standard InChI is InChI=1S/C18H20BrNO3S/c19-11-17-12-20(13-18(23-17)16-9-5-2-6-10-16)24(21,22)14-15-7-3-1-4-8-15/h1-10,17-18H,11-14H2/t17?,18-/m0/s1. The van der Waals surface area contributed by atoms with E-state index in [1.807, 2.05) is 60.7 Å². The first kappa shape index (κ1) is 17.6. The normalized spacial score (nSPS) is 22.4. The highest BCUT2D eigenvalue weighted by molar-refractivity contribution is 9.09. The Kier molecular flexibility index (Phi) is 5.71. The van der Waals surface area contributed by atoms with E-state index in [9.17, 15) is 8.42 Å². The first-order chi connectivity index (χ1) is 11.6. The first-order valence-corrected chi connectivity index (χ1v) is 10.6. The Labute approximate surface area is 151 Å². The van der Waals surface area contributed by atoms with Gasteiger partial charge in [0.05, 0.1) is 18.0 Å². The van der Waals surface area contributed by atoms with Gasteiger partial charge in [0.25, 0.3) is 0 Å². The van der Waals surface area contributed by atoms with Crippen LogP contribution in [0.5, 0.6) is 0 Å². The minimum Gasteiger partial charge on any atom is -0.367 e. The Balaban J connectivity index is 1.80. The summed E-state index contributed by atoms with van der Waals surface area (Å²) in [5.74, 6) is 0.0182. The second-order valence-electron chi connectivity index (χ2n) is 5.87. The monoisotopic (exact) mass is 409 g/mol. The van der Waals surface area contributed by atoms with Crippen LogP contribution in [0.15, 0.2) is 60.7 Å². The highest BCUT2D eigenvalue weighted by Crippen LogP contribution is 2.28. The summed E-state index contributed by atoms with van der Waals surface area (Å²) >= 11 is 3.43. The van der Waals surface area contributed by atoms with Crippen LogP contribution in [0.25, 0.3) is 0 Å². The van der Waals surface area contributed by atoms with E-state index in [-0.39, 0.29) is 18.0 Å². The summed E-state index contributed by atoms with van der Waals surface area (Å²) in [6, 6.07) is 19.1. The molecule has 24 heavy (non-hydrogen) atoms. The van der Waals surface area contributed by atoms with Crippen molar-refractivity contribution in [3.63, 3.8) is 0 Å². The van der Waals surface area contributed by atoms with Crippen LogP contribution in [0.4, 0.5) is 0 Å². The third-order valence-electron chi connectivity index (χ3n) is 4.06. The molecule has 1 saturated heterocycles. The summed E-state index contributed by atoms with van der Waals surface area (Å²) in [4.78, 5) is 0. The van der Waals surface area contributed by atoms with Crippen molar-refractivity contribution in [1.29, 1.82) is 0 Å². The van der Waals surface area contributed by atoms with Crippen molar-refractivity contribution in [1.82, 2.24) is 4.31 Å². The molecule has 0 saturated carbocycles. The van der Waals surface area contributed by atoms with Gasteiger partial charge in [-0.05, 0) is 11.1 Å². The maximum atomic E-state index is 12.8. The lowest BCUT2D eigenvalue weighted by atomic mass is 10.1. The van der Waals surface area contributed by atoms with Gasteiger partial charge in [0.2, 0.25) is 10.0 Å². The third-order valence-corrected chi connectivity index (χ3v) is 6.57. The van der Waals surface area contributed by atoms with Gasteiger partial charge in [-0.25, -0.2) is 8.42 Å². The minimum absolute atomic E-state index is 0.0182. The second-order valence-corrected chi connectivity index (χ2v) is 8.49. The van der Waals surface area contributed by atoms with E-state index >= 15 is 0 Å². The van der Waals surface area contributed by atoms with Crippen molar-refractivity contribution in [3.8, 4) is 0 Å². The van der Waals surface area contributed by atoms with E-state index in [1.54, 1.807) is 4.31 Å². The fourth-order valence-corrected chi connectivity index (χ4v) is 4.75. The molecular weight excluding hydrogens is 390 g/mol. The summed E-state index contributed by atoms with van der Waals surface area (Å²) in [7, 11) is -3.39. The highest BCUT2D eigenvalue weighted by atomic mass is 79.9. The predicted octanol–water partition coefficient (Wildman–Crippen LogP) is 3.35. The van der Waals surface area contributed by atoms with Gasteiger partial charge in [-0.1, -0.05) is 76.6 Å². The van der Waals surface area contributed by atoms with Crippen LogP contribution in [0.2, 0.25) is 0 Å². The Bertz CT molecular complexity index is 752. The molecule has 2 aromatic carbocycles. The lowest BCUT2D eigenvalue weighted by Gasteiger charge is -2.37. The molecule has 1 fully saturated rings. The maximum absolute atomic E-state index is 12.8. The molecular formula is C18H20BrNO3S. The molecule has 0 aromatic heterocycles. The Morgan fingerprint density at radius 1 is 1.00 bits per heavy atom. The van der Waals surface area contributed by atoms with Gasteiger partial charge in [-0.3, -0.25) is 0 Å². The van der Waals surface area contributed by atoms with E-state index in [4.69, 9.17) is 4.74 Å². The summed E-state index contributed by atoms with van der Waals surface area (Å²) in [6.45, 7) is 0.729. The molecule has 0 amide bonds. The zero-order valence-corrected chi connectivity index (χ0v) is 15.6. The lowest BCUT2D eigenvalue weighted by Crippen LogP contribution is -2.47. The second kappa shape index (κ2) is 7.78. The van der Waals surface area contributed by atoms with Gasteiger partial charge in [0, 0.05) is 18.4 Å². The summed E-state index contributed by atoms with van der Waals surface area (Å²) in [6.07, 6.45) is -0.400. The van der Waals surface area contributed by atoms with Gasteiger partial charge in [-0.2, -0.15) is 4.31 Å². The number of sulfonamides is 1. The van der Waals surface area contributed by atoms with Crippen molar-refractivity contribution in [3.05, 3.63) is 71.8 Å². The Morgan fingerprint density at radius 2 is 1.62 bits per heavy atom. The number of alkyl halides is 1. The first-order valence-electron chi connectivity index (χ1n) is 7.86. The Hall–Kier alpha value is -1.21. The summed E-state index contributed by atoms with van der Waals surface area (Å²) < 4.78 is 33.3. The van der Waals surface area contributed by atoms with Crippen LogP contribution in [0, 0.1) is 0 Å².